The van der Waals surface area contributed by atoms with Crippen LogP contribution in [0.2, 0.25) is 10.2 Å². The van der Waals surface area contributed by atoms with Crippen LogP contribution in [0.4, 0.5) is 0 Å². The maximum atomic E-state index is 13.2. The first-order valence-corrected chi connectivity index (χ1v) is 10.6. The number of aromatic nitrogens is 4. The summed E-state index contributed by atoms with van der Waals surface area (Å²) >= 11 is 12.6. The number of rotatable bonds is 7. The summed E-state index contributed by atoms with van der Waals surface area (Å²) in [6, 6.07) is 17.0. The van der Waals surface area contributed by atoms with Crippen LogP contribution in [0, 0.1) is 6.92 Å². The fourth-order valence-electron chi connectivity index (χ4n) is 3.48. The summed E-state index contributed by atoms with van der Waals surface area (Å²) in [7, 11) is 0. The molecule has 6 nitrogen and oxygen atoms in total. The third-order valence-electron chi connectivity index (χ3n) is 4.95. The third kappa shape index (κ3) is 4.98. The van der Waals surface area contributed by atoms with E-state index >= 15 is 0 Å². The van der Waals surface area contributed by atoms with Gasteiger partial charge in [0, 0.05) is 24.0 Å². The number of benzene rings is 2. The van der Waals surface area contributed by atoms with Gasteiger partial charge in [-0.3, -0.25) is 4.79 Å². The Morgan fingerprint density at radius 1 is 1.10 bits per heavy atom. The topological polar surface area (TPSA) is 64.7 Å². The quantitative estimate of drug-likeness (QED) is 0.439. The van der Waals surface area contributed by atoms with Crippen molar-refractivity contribution in [2.45, 2.75) is 25.9 Å². The number of imidazole rings is 1. The van der Waals surface area contributed by atoms with Crippen LogP contribution in [0.1, 0.15) is 21.6 Å². The molecule has 0 aliphatic rings. The average Bonchev–Trinajstić information content (AvgIpc) is 3.36. The zero-order valence-corrected chi connectivity index (χ0v) is 18.4. The SMILES string of the molecule is Cc1nn(-c2ccc(Cl)cc2)c(Cl)c1C(=O)N[C@@H](Cc1ccccc1)Cn1ccnc1. The van der Waals surface area contributed by atoms with Crippen LogP contribution >= 0.6 is 23.2 Å². The first-order chi connectivity index (χ1) is 15.0. The summed E-state index contributed by atoms with van der Waals surface area (Å²) in [4.78, 5) is 17.3. The van der Waals surface area contributed by atoms with E-state index in [-0.39, 0.29) is 17.1 Å². The van der Waals surface area contributed by atoms with E-state index in [0.717, 1.165) is 11.3 Å². The lowest BCUT2D eigenvalue weighted by atomic mass is 10.1. The number of hydrogen-bond acceptors (Lipinski definition) is 3. The summed E-state index contributed by atoms with van der Waals surface area (Å²) in [5, 5.41) is 8.47. The monoisotopic (exact) mass is 453 g/mol. The van der Waals surface area contributed by atoms with E-state index in [1.807, 2.05) is 41.1 Å². The highest BCUT2D eigenvalue weighted by atomic mass is 35.5. The molecule has 31 heavy (non-hydrogen) atoms. The zero-order valence-electron chi connectivity index (χ0n) is 16.9. The molecule has 0 radical (unpaired) electrons. The third-order valence-corrected chi connectivity index (χ3v) is 5.55. The second kappa shape index (κ2) is 9.37. The number of amides is 1. The molecule has 158 valence electrons. The first-order valence-electron chi connectivity index (χ1n) is 9.83. The second-order valence-electron chi connectivity index (χ2n) is 7.26. The van der Waals surface area contributed by atoms with Gasteiger partial charge in [0.05, 0.1) is 29.3 Å². The predicted molar refractivity (Wildman–Crippen MR) is 122 cm³/mol. The minimum Gasteiger partial charge on any atom is -0.347 e. The molecule has 2 heterocycles. The van der Waals surface area contributed by atoms with E-state index in [4.69, 9.17) is 23.2 Å². The summed E-state index contributed by atoms with van der Waals surface area (Å²) < 4.78 is 3.49. The maximum absolute atomic E-state index is 13.2. The Bertz CT molecular complexity index is 1150. The predicted octanol–water partition coefficient (Wildman–Crippen LogP) is 4.73. The van der Waals surface area contributed by atoms with Crippen molar-refractivity contribution in [2.24, 2.45) is 0 Å². The van der Waals surface area contributed by atoms with Crippen molar-refractivity contribution in [1.29, 1.82) is 0 Å². The van der Waals surface area contributed by atoms with Gasteiger partial charge in [0.25, 0.3) is 5.91 Å². The number of nitrogens with zero attached hydrogens (tertiary/aromatic N) is 4. The Morgan fingerprint density at radius 2 is 1.84 bits per heavy atom. The number of carbonyl (C=O) groups excluding carboxylic acids is 1. The van der Waals surface area contributed by atoms with E-state index in [9.17, 15) is 4.79 Å². The molecule has 1 amide bonds. The van der Waals surface area contributed by atoms with Crippen molar-refractivity contribution in [2.75, 3.05) is 0 Å². The molecule has 1 N–H and O–H groups in total. The summed E-state index contributed by atoms with van der Waals surface area (Å²) in [6.07, 6.45) is 6.01. The Morgan fingerprint density at radius 3 is 2.52 bits per heavy atom. The molecule has 0 saturated heterocycles. The molecule has 4 aromatic rings. The van der Waals surface area contributed by atoms with Crippen LogP contribution in [0.3, 0.4) is 0 Å². The van der Waals surface area contributed by atoms with Gasteiger partial charge in [-0.2, -0.15) is 5.10 Å². The largest absolute Gasteiger partial charge is 0.347 e. The number of halogens is 2. The maximum Gasteiger partial charge on any atom is 0.256 e. The van der Waals surface area contributed by atoms with Crippen LogP contribution in [0.25, 0.3) is 5.69 Å². The van der Waals surface area contributed by atoms with Crippen molar-refractivity contribution in [3.8, 4) is 5.69 Å². The highest BCUT2D eigenvalue weighted by Gasteiger charge is 2.24. The van der Waals surface area contributed by atoms with Crippen molar-refractivity contribution < 1.29 is 4.79 Å². The Balaban J connectivity index is 1.58. The van der Waals surface area contributed by atoms with Crippen molar-refractivity contribution in [1.82, 2.24) is 24.6 Å². The van der Waals surface area contributed by atoms with Gasteiger partial charge in [0.15, 0.2) is 0 Å². The van der Waals surface area contributed by atoms with Gasteiger partial charge in [-0.1, -0.05) is 53.5 Å². The average molecular weight is 454 g/mol. The normalized spacial score (nSPS) is 12.0. The van der Waals surface area contributed by atoms with Gasteiger partial charge in [-0.25, -0.2) is 9.67 Å². The number of aryl methyl sites for hydroxylation is 1. The van der Waals surface area contributed by atoms with Crippen LogP contribution in [0.5, 0.6) is 0 Å². The van der Waals surface area contributed by atoms with Crippen LogP contribution in [-0.2, 0) is 13.0 Å². The molecule has 2 aromatic carbocycles. The lowest BCUT2D eigenvalue weighted by Crippen LogP contribution is -2.39. The van der Waals surface area contributed by atoms with Gasteiger partial charge in [-0.15, -0.1) is 0 Å². The van der Waals surface area contributed by atoms with Gasteiger partial charge in [0.1, 0.15) is 5.15 Å². The highest BCUT2D eigenvalue weighted by molar-refractivity contribution is 6.33. The Labute approximate surface area is 190 Å². The van der Waals surface area contributed by atoms with Gasteiger partial charge in [-0.05, 0) is 43.2 Å². The molecular formula is C23H21Cl2N5O. The van der Waals surface area contributed by atoms with Crippen molar-refractivity contribution in [3.63, 3.8) is 0 Å². The lowest BCUT2D eigenvalue weighted by Gasteiger charge is -2.19. The standard InChI is InChI=1S/C23H21Cl2N5O/c1-16-21(22(25)30(28-16)20-9-7-18(24)8-10-20)23(31)27-19(14-29-12-11-26-15-29)13-17-5-3-2-4-6-17/h2-12,15,19H,13-14H2,1H3,(H,27,31)/t19-/m0/s1. The highest BCUT2D eigenvalue weighted by Crippen LogP contribution is 2.24. The Hall–Kier alpha value is -3.09. The fourth-order valence-corrected chi connectivity index (χ4v) is 3.96. The van der Waals surface area contributed by atoms with Gasteiger partial charge >= 0.3 is 0 Å². The van der Waals surface area contributed by atoms with Gasteiger partial charge < -0.3 is 9.88 Å². The molecule has 4 rings (SSSR count). The van der Waals surface area contributed by atoms with E-state index in [0.29, 0.717) is 29.2 Å². The summed E-state index contributed by atoms with van der Waals surface area (Å²) in [5.74, 6) is -0.260. The molecule has 8 heteroatoms. The molecule has 1 atom stereocenters. The molecule has 0 saturated carbocycles. The molecule has 0 bridgehead atoms. The van der Waals surface area contributed by atoms with E-state index in [1.54, 1.807) is 48.4 Å². The van der Waals surface area contributed by atoms with Crippen LogP contribution in [-0.4, -0.2) is 31.3 Å². The summed E-state index contributed by atoms with van der Waals surface area (Å²) in [6.45, 7) is 2.36. The minimum absolute atomic E-state index is 0.154. The van der Waals surface area contributed by atoms with E-state index < -0.39 is 0 Å². The molecule has 0 spiro atoms. The molecule has 0 fully saturated rings. The molecule has 0 aliphatic carbocycles. The van der Waals surface area contributed by atoms with Crippen LogP contribution < -0.4 is 5.32 Å². The Kier molecular flexibility index (Phi) is 6.39. The second-order valence-corrected chi connectivity index (χ2v) is 8.05. The minimum atomic E-state index is -0.260. The van der Waals surface area contributed by atoms with Crippen LogP contribution in [0.15, 0.2) is 73.3 Å². The zero-order chi connectivity index (χ0) is 21.8. The number of hydrogen-bond donors (Lipinski definition) is 1. The molecular weight excluding hydrogens is 433 g/mol. The molecule has 0 aliphatic heterocycles. The van der Waals surface area contributed by atoms with E-state index in [2.05, 4.69) is 15.4 Å². The lowest BCUT2D eigenvalue weighted by molar-refractivity contribution is 0.0932. The van der Waals surface area contributed by atoms with Gasteiger partial charge in [0.2, 0.25) is 0 Å². The number of carbonyl (C=O) groups is 1. The summed E-state index contributed by atoms with van der Waals surface area (Å²) in [5.41, 5.74) is 2.78. The molecule has 0 unspecified atom stereocenters. The first kappa shape index (κ1) is 21.2. The van der Waals surface area contributed by atoms with Crippen molar-refractivity contribution in [3.05, 3.63) is 100 Å². The van der Waals surface area contributed by atoms with Crippen molar-refractivity contribution >= 4 is 29.1 Å². The molecule has 2 aromatic heterocycles. The fraction of sp³-hybridized carbons (Fsp3) is 0.174. The number of nitrogens with one attached hydrogen (secondary N) is 1. The smallest absolute Gasteiger partial charge is 0.256 e. The van der Waals surface area contributed by atoms with E-state index in [1.165, 1.54) is 0 Å².